The molecule has 1 saturated carbocycles. The number of aromatic nitrogens is 1. The number of fused-ring (bicyclic) bond motifs is 1. The number of hydrogen-bond acceptors (Lipinski definition) is 1. The van der Waals surface area contributed by atoms with Gasteiger partial charge in [0.1, 0.15) is 5.60 Å². The highest BCUT2D eigenvalue weighted by Crippen LogP contribution is 2.57. The Labute approximate surface area is 97.6 Å². The van der Waals surface area contributed by atoms with Crippen LogP contribution in [0.4, 0.5) is 0 Å². The smallest absolute Gasteiger partial charge is 0.134 e. The highest BCUT2D eigenvalue weighted by atomic mass is 16.6. The normalized spacial score (nSPS) is 37.5. The second kappa shape index (κ2) is 3.36. The molecule has 3 atom stereocenters. The maximum atomic E-state index is 6.05. The van der Waals surface area contributed by atoms with Crippen molar-refractivity contribution < 1.29 is 4.74 Å². The lowest BCUT2D eigenvalue weighted by Crippen LogP contribution is -2.26. The van der Waals surface area contributed by atoms with E-state index in [1.165, 1.54) is 25.0 Å². The highest BCUT2D eigenvalue weighted by Gasteiger charge is 2.61. The molecule has 1 aromatic rings. The second-order valence-electron chi connectivity index (χ2n) is 5.78. The largest absolute Gasteiger partial charge is 0.359 e. The fraction of sp³-hybridized carbons (Fsp3) is 0.714. The molecule has 2 heteroatoms. The standard InChI is InChI=1S/C14H21NO/c1-10(2)11-6-7-14(13(9-11)16-14)12-5-4-8-15(12)3/h4-5,8,10-11,13H,6-7,9H2,1-3H3/t11-,13+,14-/m1/s1. The molecule has 3 rings (SSSR count). The van der Waals surface area contributed by atoms with Gasteiger partial charge in [-0.15, -0.1) is 0 Å². The van der Waals surface area contributed by atoms with Crippen LogP contribution in [0, 0.1) is 11.8 Å². The molecule has 0 bridgehead atoms. The Morgan fingerprint density at radius 2 is 2.31 bits per heavy atom. The zero-order valence-electron chi connectivity index (χ0n) is 10.4. The predicted octanol–water partition coefficient (Wildman–Crippen LogP) is 3.08. The Balaban J connectivity index is 1.79. The van der Waals surface area contributed by atoms with Gasteiger partial charge in [0.05, 0.1) is 11.8 Å². The van der Waals surface area contributed by atoms with Gasteiger partial charge in [-0.3, -0.25) is 0 Å². The monoisotopic (exact) mass is 219 g/mol. The fourth-order valence-electron chi connectivity index (χ4n) is 3.33. The van der Waals surface area contributed by atoms with Gasteiger partial charge in [-0.1, -0.05) is 13.8 Å². The van der Waals surface area contributed by atoms with Crippen LogP contribution in [0.2, 0.25) is 0 Å². The molecule has 2 nitrogen and oxygen atoms in total. The first-order chi connectivity index (χ1) is 7.63. The van der Waals surface area contributed by atoms with Gasteiger partial charge in [0.25, 0.3) is 0 Å². The topological polar surface area (TPSA) is 17.5 Å². The van der Waals surface area contributed by atoms with Gasteiger partial charge in [-0.05, 0) is 43.2 Å². The van der Waals surface area contributed by atoms with E-state index in [9.17, 15) is 0 Å². The van der Waals surface area contributed by atoms with Crippen molar-refractivity contribution in [1.82, 2.24) is 4.57 Å². The summed E-state index contributed by atoms with van der Waals surface area (Å²) < 4.78 is 8.27. The second-order valence-corrected chi connectivity index (χ2v) is 5.78. The molecule has 1 saturated heterocycles. The van der Waals surface area contributed by atoms with Gasteiger partial charge in [0, 0.05) is 13.2 Å². The van der Waals surface area contributed by atoms with Crippen LogP contribution in [0.5, 0.6) is 0 Å². The van der Waals surface area contributed by atoms with Crippen LogP contribution in [0.15, 0.2) is 18.3 Å². The number of epoxide rings is 1. The third-order valence-electron chi connectivity index (χ3n) is 4.54. The molecule has 0 spiro atoms. The van der Waals surface area contributed by atoms with Crippen molar-refractivity contribution in [3.63, 3.8) is 0 Å². The van der Waals surface area contributed by atoms with Crippen molar-refractivity contribution in [2.24, 2.45) is 18.9 Å². The van der Waals surface area contributed by atoms with Crippen molar-refractivity contribution >= 4 is 0 Å². The molecular formula is C14H21NO. The molecule has 2 heterocycles. The SMILES string of the molecule is CC(C)[C@@H]1CC[C@]2(c3cccn3C)O[C@H]2C1. The molecule has 88 valence electrons. The van der Waals surface area contributed by atoms with Gasteiger partial charge >= 0.3 is 0 Å². The quantitative estimate of drug-likeness (QED) is 0.699. The number of rotatable bonds is 2. The molecule has 1 aromatic heterocycles. The van der Waals surface area contributed by atoms with Crippen molar-refractivity contribution in [3.05, 3.63) is 24.0 Å². The molecular weight excluding hydrogens is 198 g/mol. The first kappa shape index (κ1) is 10.4. The molecule has 1 aliphatic heterocycles. The zero-order chi connectivity index (χ0) is 11.3. The Bertz CT molecular complexity index is 395. The van der Waals surface area contributed by atoms with Crippen LogP contribution < -0.4 is 0 Å². The summed E-state index contributed by atoms with van der Waals surface area (Å²) >= 11 is 0. The Morgan fingerprint density at radius 3 is 2.88 bits per heavy atom. The van der Waals surface area contributed by atoms with E-state index in [4.69, 9.17) is 4.74 Å². The van der Waals surface area contributed by atoms with Gasteiger partial charge in [-0.2, -0.15) is 0 Å². The van der Waals surface area contributed by atoms with Crippen LogP contribution in [0.25, 0.3) is 0 Å². The van der Waals surface area contributed by atoms with Crippen LogP contribution in [-0.4, -0.2) is 10.7 Å². The number of hydrogen-bond donors (Lipinski definition) is 0. The van der Waals surface area contributed by atoms with E-state index in [-0.39, 0.29) is 5.60 Å². The first-order valence-corrected chi connectivity index (χ1v) is 6.43. The lowest BCUT2D eigenvalue weighted by Gasteiger charge is -2.27. The van der Waals surface area contributed by atoms with E-state index in [1.54, 1.807) is 0 Å². The molecule has 0 aromatic carbocycles. The summed E-state index contributed by atoms with van der Waals surface area (Å²) in [5.74, 6) is 1.66. The summed E-state index contributed by atoms with van der Waals surface area (Å²) in [4.78, 5) is 0. The fourth-order valence-corrected chi connectivity index (χ4v) is 3.33. The van der Waals surface area contributed by atoms with Crippen molar-refractivity contribution in [3.8, 4) is 0 Å². The zero-order valence-corrected chi connectivity index (χ0v) is 10.4. The summed E-state index contributed by atoms with van der Waals surface area (Å²) in [5, 5.41) is 0. The van der Waals surface area contributed by atoms with Gasteiger partial charge in [0.2, 0.25) is 0 Å². The molecule has 0 amide bonds. The molecule has 0 N–H and O–H groups in total. The van der Waals surface area contributed by atoms with Crippen LogP contribution in [0.1, 0.15) is 38.8 Å². The molecule has 16 heavy (non-hydrogen) atoms. The maximum absolute atomic E-state index is 6.05. The van der Waals surface area contributed by atoms with E-state index in [1.807, 2.05) is 0 Å². The molecule has 0 unspecified atom stereocenters. The predicted molar refractivity (Wildman–Crippen MR) is 64.1 cm³/mol. The number of ether oxygens (including phenoxy) is 1. The minimum Gasteiger partial charge on any atom is -0.359 e. The van der Waals surface area contributed by atoms with E-state index in [0.717, 1.165) is 11.8 Å². The Kier molecular flexibility index (Phi) is 2.19. The number of aryl methyl sites for hydroxylation is 1. The minimum atomic E-state index is 0.0869. The summed E-state index contributed by atoms with van der Waals surface area (Å²) in [7, 11) is 2.12. The summed E-state index contributed by atoms with van der Waals surface area (Å²) in [6, 6.07) is 4.34. The molecule has 2 fully saturated rings. The molecule has 0 radical (unpaired) electrons. The lowest BCUT2D eigenvalue weighted by molar-refractivity contribution is 0.256. The summed E-state index contributed by atoms with van der Waals surface area (Å²) in [6.07, 6.45) is 6.39. The van der Waals surface area contributed by atoms with Crippen molar-refractivity contribution in [1.29, 1.82) is 0 Å². The third kappa shape index (κ3) is 1.36. The summed E-state index contributed by atoms with van der Waals surface area (Å²) in [6.45, 7) is 4.67. The molecule has 2 aliphatic rings. The van der Waals surface area contributed by atoms with Gasteiger partial charge < -0.3 is 9.30 Å². The van der Waals surface area contributed by atoms with E-state index in [2.05, 4.69) is 43.8 Å². The van der Waals surface area contributed by atoms with Gasteiger partial charge in [-0.25, -0.2) is 0 Å². The maximum Gasteiger partial charge on any atom is 0.134 e. The van der Waals surface area contributed by atoms with E-state index in [0.29, 0.717) is 6.10 Å². The van der Waals surface area contributed by atoms with E-state index >= 15 is 0 Å². The molecule has 1 aliphatic carbocycles. The minimum absolute atomic E-state index is 0.0869. The third-order valence-corrected chi connectivity index (χ3v) is 4.54. The number of nitrogens with zero attached hydrogens (tertiary/aromatic N) is 1. The van der Waals surface area contributed by atoms with Crippen molar-refractivity contribution in [2.75, 3.05) is 0 Å². The lowest BCUT2D eigenvalue weighted by atomic mass is 9.76. The van der Waals surface area contributed by atoms with Crippen molar-refractivity contribution in [2.45, 2.75) is 44.8 Å². The summed E-state index contributed by atoms with van der Waals surface area (Å²) in [5.41, 5.74) is 1.46. The average molecular weight is 219 g/mol. The first-order valence-electron chi connectivity index (χ1n) is 6.43. The van der Waals surface area contributed by atoms with E-state index < -0.39 is 0 Å². The Hall–Kier alpha value is -0.760. The van der Waals surface area contributed by atoms with Crippen LogP contribution in [-0.2, 0) is 17.4 Å². The van der Waals surface area contributed by atoms with Crippen LogP contribution in [0.3, 0.4) is 0 Å². The van der Waals surface area contributed by atoms with Gasteiger partial charge in [0.15, 0.2) is 0 Å². The Morgan fingerprint density at radius 1 is 1.50 bits per heavy atom. The van der Waals surface area contributed by atoms with Crippen LogP contribution >= 0.6 is 0 Å². The average Bonchev–Trinajstić information content (AvgIpc) is 2.83. The highest BCUT2D eigenvalue weighted by molar-refractivity contribution is 5.25.